The van der Waals surface area contributed by atoms with E-state index in [2.05, 4.69) is 24.3 Å². The van der Waals surface area contributed by atoms with E-state index >= 15 is 0 Å². The van der Waals surface area contributed by atoms with Gasteiger partial charge in [0.2, 0.25) is 0 Å². The summed E-state index contributed by atoms with van der Waals surface area (Å²) in [6.45, 7) is 6.80. The average molecular weight is 271 g/mol. The number of methoxy groups -OCH3 is 1. The smallest absolute Gasteiger partial charge is 0.0984 e. The first-order valence-electron chi connectivity index (χ1n) is 6.55. The summed E-state index contributed by atoms with van der Waals surface area (Å²) in [6.07, 6.45) is 2.50. The summed E-state index contributed by atoms with van der Waals surface area (Å²) in [5, 5.41) is 9.21. The highest BCUT2D eigenvalue weighted by Crippen LogP contribution is 2.25. The number of rotatable bonds is 9. The summed E-state index contributed by atoms with van der Waals surface area (Å²) in [5.41, 5.74) is 2.45. The van der Waals surface area contributed by atoms with Gasteiger partial charge in [0, 0.05) is 32.8 Å². The van der Waals surface area contributed by atoms with Crippen molar-refractivity contribution in [3.8, 4) is 0 Å². The largest absolute Gasteiger partial charge is 0.383 e. The second-order valence-electron chi connectivity index (χ2n) is 4.36. The summed E-state index contributed by atoms with van der Waals surface area (Å²) >= 11 is 1.91. The number of aromatic nitrogens is 2. The molecule has 0 aliphatic carbocycles. The molecule has 1 aromatic rings. The molecule has 1 heterocycles. The van der Waals surface area contributed by atoms with E-state index in [1.807, 2.05) is 23.5 Å². The van der Waals surface area contributed by atoms with Gasteiger partial charge in [0.05, 0.1) is 17.3 Å². The van der Waals surface area contributed by atoms with Crippen LogP contribution in [-0.2, 0) is 18.3 Å². The summed E-state index contributed by atoms with van der Waals surface area (Å²) < 4.78 is 7.04. The van der Waals surface area contributed by atoms with Gasteiger partial charge in [-0.3, -0.25) is 4.68 Å². The molecule has 5 heteroatoms. The van der Waals surface area contributed by atoms with Gasteiger partial charge in [0.25, 0.3) is 0 Å². The maximum Gasteiger partial charge on any atom is 0.0984 e. The molecule has 0 spiro atoms. The van der Waals surface area contributed by atoms with E-state index in [4.69, 9.17) is 4.74 Å². The fourth-order valence-corrected chi connectivity index (χ4v) is 3.01. The van der Waals surface area contributed by atoms with Crippen LogP contribution < -0.4 is 5.32 Å². The van der Waals surface area contributed by atoms with Crippen molar-refractivity contribution < 1.29 is 4.74 Å². The quantitative estimate of drug-likeness (QED) is 0.553. The number of nitrogens with zero attached hydrogens (tertiary/aromatic N) is 2. The minimum Gasteiger partial charge on any atom is -0.383 e. The monoisotopic (exact) mass is 271 g/mol. The molecule has 0 saturated carbocycles. The molecule has 0 aliphatic heterocycles. The average Bonchev–Trinajstić information content (AvgIpc) is 2.61. The minimum atomic E-state index is 0.748. The highest BCUT2D eigenvalue weighted by molar-refractivity contribution is 7.99. The fourth-order valence-electron chi connectivity index (χ4n) is 1.77. The molecular weight excluding hydrogens is 246 g/mol. The predicted octanol–water partition coefficient (Wildman–Crippen LogP) is 2.36. The highest BCUT2D eigenvalue weighted by Gasteiger charge is 2.12. The zero-order valence-electron chi connectivity index (χ0n) is 12.0. The Balaban J connectivity index is 2.57. The van der Waals surface area contributed by atoms with E-state index in [-0.39, 0.29) is 0 Å². The normalized spacial score (nSPS) is 11.1. The van der Waals surface area contributed by atoms with Gasteiger partial charge >= 0.3 is 0 Å². The second-order valence-corrected chi connectivity index (χ2v) is 5.45. The number of unbranched alkanes of at least 4 members (excludes halogenated alkanes) is 1. The van der Waals surface area contributed by atoms with Crippen LogP contribution in [0.5, 0.6) is 0 Å². The molecule has 0 unspecified atom stereocenters. The lowest BCUT2D eigenvalue weighted by molar-refractivity contribution is 0.199. The Morgan fingerprint density at radius 2 is 2.22 bits per heavy atom. The lowest BCUT2D eigenvalue weighted by Crippen LogP contribution is -2.19. The Hall–Kier alpha value is -0.520. The van der Waals surface area contributed by atoms with E-state index in [9.17, 15) is 0 Å². The van der Waals surface area contributed by atoms with E-state index in [0.29, 0.717) is 0 Å². The van der Waals surface area contributed by atoms with E-state index in [1.54, 1.807) is 7.11 Å². The number of thioether (sulfide) groups is 1. The second kappa shape index (κ2) is 8.56. The van der Waals surface area contributed by atoms with Crippen LogP contribution >= 0.6 is 11.8 Å². The Labute approximate surface area is 114 Å². The Morgan fingerprint density at radius 3 is 2.89 bits per heavy atom. The molecule has 0 amide bonds. The molecule has 1 N–H and O–H groups in total. The number of hydrogen-bond donors (Lipinski definition) is 1. The Kier molecular flexibility index (Phi) is 7.39. The van der Waals surface area contributed by atoms with Gasteiger partial charge in [0.15, 0.2) is 0 Å². The first-order valence-corrected chi connectivity index (χ1v) is 7.54. The van der Waals surface area contributed by atoms with Gasteiger partial charge in [-0.2, -0.15) is 5.10 Å². The van der Waals surface area contributed by atoms with Gasteiger partial charge in [-0.05, 0) is 19.1 Å². The molecule has 0 fully saturated rings. The van der Waals surface area contributed by atoms with Gasteiger partial charge in [-0.15, -0.1) is 11.8 Å². The molecule has 18 heavy (non-hydrogen) atoms. The molecule has 0 radical (unpaired) electrons. The SMILES string of the molecule is CCCCSc1c(CNCCOC)c(C)nn1C. The molecule has 0 atom stereocenters. The van der Waals surface area contributed by atoms with Crippen molar-refractivity contribution in [1.29, 1.82) is 0 Å². The number of ether oxygens (including phenoxy) is 1. The van der Waals surface area contributed by atoms with Crippen LogP contribution in [0.25, 0.3) is 0 Å². The molecule has 0 bridgehead atoms. The molecule has 104 valence electrons. The van der Waals surface area contributed by atoms with Gasteiger partial charge in [-0.25, -0.2) is 0 Å². The van der Waals surface area contributed by atoms with Crippen molar-refractivity contribution in [3.63, 3.8) is 0 Å². The standard InChI is InChI=1S/C13H25N3OS/c1-5-6-9-18-13-12(10-14-7-8-17-4)11(2)15-16(13)3/h14H,5-10H2,1-4H3. The zero-order chi connectivity index (χ0) is 13.4. The van der Waals surface area contributed by atoms with Crippen LogP contribution in [0, 0.1) is 6.92 Å². The van der Waals surface area contributed by atoms with Crippen molar-refractivity contribution >= 4 is 11.8 Å². The molecule has 1 aromatic heterocycles. The van der Waals surface area contributed by atoms with E-state index < -0.39 is 0 Å². The summed E-state index contributed by atoms with van der Waals surface area (Å²) in [6, 6.07) is 0. The van der Waals surface area contributed by atoms with Gasteiger partial charge in [-0.1, -0.05) is 13.3 Å². The van der Waals surface area contributed by atoms with Crippen LogP contribution in [0.1, 0.15) is 31.0 Å². The molecule has 0 aliphatic rings. The van der Waals surface area contributed by atoms with Crippen molar-refractivity contribution in [2.24, 2.45) is 7.05 Å². The van der Waals surface area contributed by atoms with Crippen molar-refractivity contribution in [2.75, 3.05) is 26.0 Å². The predicted molar refractivity (Wildman–Crippen MR) is 77.2 cm³/mol. The molecule has 0 aromatic carbocycles. The van der Waals surface area contributed by atoms with Crippen LogP contribution in [0.15, 0.2) is 5.03 Å². The molecule has 0 saturated heterocycles. The van der Waals surface area contributed by atoms with Crippen LogP contribution in [0.2, 0.25) is 0 Å². The van der Waals surface area contributed by atoms with Crippen molar-refractivity contribution in [2.45, 2.75) is 38.3 Å². The van der Waals surface area contributed by atoms with Crippen LogP contribution in [-0.4, -0.2) is 35.8 Å². The third kappa shape index (κ3) is 4.63. The number of aryl methyl sites for hydroxylation is 2. The number of nitrogens with one attached hydrogen (secondary N) is 1. The third-order valence-corrected chi connectivity index (χ3v) is 4.09. The maximum atomic E-state index is 5.04. The summed E-state index contributed by atoms with van der Waals surface area (Å²) in [5.74, 6) is 1.17. The summed E-state index contributed by atoms with van der Waals surface area (Å²) in [4.78, 5) is 0. The van der Waals surface area contributed by atoms with E-state index in [1.165, 1.54) is 29.2 Å². The first kappa shape index (κ1) is 15.5. The van der Waals surface area contributed by atoms with Crippen LogP contribution in [0.4, 0.5) is 0 Å². The van der Waals surface area contributed by atoms with Crippen molar-refractivity contribution in [3.05, 3.63) is 11.3 Å². The molecule has 4 nitrogen and oxygen atoms in total. The minimum absolute atomic E-state index is 0.748. The van der Waals surface area contributed by atoms with E-state index in [0.717, 1.165) is 25.4 Å². The van der Waals surface area contributed by atoms with Gasteiger partial charge in [0.1, 0.15) is 0 Å². The highest BCUT2D eigenvalue weighted by atomic mass is 32.2. The van der Waals surface area contributed by atoms with Crippen LogP contribution in [0.3, 0.4) is 0 Å². The maximum absolute atomic E-state index is 5.04. The fraction of sp³-hybridized carbons (Fsp3) is 0.769. The molecule has 1 rings (SSSR count). The zero-order valence-corrected chi connectivity index (χ0v) is 12.8. The Morgan fingerprint density at radius 1 is 1.44 bits per heavy atom. The lowest BCUT2D eigenvalue weighted by Gasteiger charge is -2.07. The molecular formula is C13H25N3OS. The number of hydrogen-bond acceptors (Lipinski definition) is 4. The summed E-state index contributed by atoms with van der Waals surface area (Å²) in [7, 11) is 3.75. The van der Waals surface area contributed by atoms with Gasteiger partial charge < -0.3 is 10.1 Å². The topological polar surface area (TPSA) is 39.1 Å². The first-order chi connectivity index (χ1) is 8.70. The van der Waals surface area contributed by atoms with Crippen molar-refractivity contribution in [1.82, 2.24) is 15.1 Å². The Bertz CT molecular complexity index is 352. The third-order valence-electron chi connectivity index (χ3n) is 2.81. The lowest BCUT2D eigenvalue weighted by atomic mass is 10.2.